The van der Waals surface area contributed by atoms with E-state index in [0.717, 1.165) is 36.8 Å². The van der Waals surface area contributed by atoms with Crippen molar-refractivity contribution in [2.24, 2.45) is 0 Å². The molecule has 39 heavy (non-hydrogen) atoms. The van der Waals surface area contributed by atoms with Crippen molar-refractivity contribution in [3.8, 4) is 11.4 Å². The molecule has 0 aliphatic rings. The summed E-state index contributed by atoms with van der Waals surface area (Å²) in [5.41, 5.74) is 0.432. The van der Waals surface area contributed by atoms with Gasteiger partial charge in [0.2, 0.25) is 5.91 Å². The van der Waals surface area contributed by atoms with Crippen LogP contribution in [0.25, 0.3) is 11.4 Å². The van der Waals surface area contributed by atoms with Crippen molar-refractivity contribution < 1.29 is 9.59 Å². The molecule has 2 aromatic heterocycles. The number of amides is 2. The van der Waals surface area contributed by atoms with Crippen molar-refractivity contribution in [2.75, 3.05) is 10.6 Å². The molecule has 0 fully saturated rings. The topological polar surface area (TPSA) is 114 Å². The summed E-state index contributed by atoms with van der Waals surface area (Å²) < 4.78 is 2.44. The third-order valence-corrected chi connectivity index (χ3v) is 6.75. The zero-order valence-electron chi connectivity index (χ0n) is 21.1. The number of H-pyrrole nitrogens is 1. The van der Waals surface area contributed by atoms with Crippen LogP contribution in [0, 0.1) is 0 Å². The summed E-state index contributed by atoms with van der Waals surface area (Å²) >= 11 is 18.7. The first kappa shape index (κ1) is 28.5. The smallest absolute Gasteiger partial charge is 0.299 e. The number of benzene rings is 2. The number of nitrogens with one attached hydrogen (secondary N) is 3. The van der Waals surface area contributed by atoms with Crippen LogP contribution in [-0.4, -0.2) is 31.4 Å². The number of anilines is 2. The second-order valence-electron chi connectivity index (χ2n) is 8.89. The molecule has 9 nitrogen and oxygen atoms in total. The minimum Gasteiger partial charge on any atom is -0.326 e. The van der Waals surface area contributed by atoms with E-state index < -0.39 is 11.5 Å². The normalized spacial score (nSPS) is 11.0. The maximum Gasteiger partial charge on any atom is 0.299 e. The highest BCUT2D eigenvalue weighted by Crippen LogP contribution is 2.32. The van der Waals surface area contributed by atoms with Gasteiger partial charge in [0.05, 0.1) is 10.0 Å². The average molecular weight is 590 g/mol. The van der Waals surface area contributed by atoms with Crippen LogP contribution in [0.2, 0.25) is 15.1 Å². The van der Waals surface area contributed by atoms with Crippen molar-refractivity contribution in [3.05, 3.63) is 85.8 Å². The van der Waals surface area contributed by atoms with Crippen molar-refractivity contribution in [1.29, 1.82) is 0 Å². The maximum atomic E-state index is 13.4. The number of halogens is 3. The van der Waals surface area contributed by atoms with Gasteiger partial charge in [-0.05, 0) is 42.8 Å². The van der Waals surface area contributed by atoms with Gasteiger partial charge in [-0.3, -0.25) is 19.5 Å². The number of unbranched alkanes of at least 4 members (excludes halogenated alkanes) is 4. The first-order chi connectivity index (χ1) is 18.8. The van der Waals surface area contributed by atoms with Gasteiger partial charge in [-0.1, -0.05) is 73.5 Å². The highest BCUT2D eigenvalue weighted by Gasteiger charge is 2.23. The van der Waals surface area contributed by atoms with Gasteiger partial charge in [-0.25, -0.2) is 9.36 Å². The molecule has 2 aromatic carbocycles. The van der Waals surface area contributed by atoms with Crippen LogP contribution < -0.4 is 16.2 Å². The molecule has 12 heteroatoms. The zero-order valence-corrected chi connectivity index (χ0v) is 23.4. The summed E-state index contributed by atoms with van der Waals surface area (Å²) in [5.74, 6) is -0.554. The summed E-state index contributed by atoms with van der Waals surface area (Å²) in [4.78, 5) is 39.0. The number of aromatic nitrogens is 4. The number of hydrogen-bond acceptors (Lipinski definition) is 4. The summed E-state index contributed by atoms with van der Waals surface area (Å²) in [5, 5.41) is 13.2. The van der Waals surface area contributed by atoms with Crippen LogP contribution in [0.15, 0.2) is 59.7 Å². The second-order valence-corrected chi connectivity index (χ2v) is 10.1. The van der Waals surface area contributed by atoms with Crippen LogP contribution in [-0.2, 0) is 4.79 Å². The van der Waals surface area contributed by atoms with E-state index in [1.54, 1.807) is 36.5 Å². The molecular formula is C27H27Cl3N6O3. The number of hydrogen-bond donors (Lipinski definition) is 3. The zero-order chi connectivity index (χ0) is 27.9. The Morgan fingerprint density at radius 2 is 1.69 bits per heavy atom. The van der Waals surface area contributed by atoms with Gasteiger partial charge >= 0.3 is 0 Å². The quantitative estimate of drug-likeness (QED) is 0.166. The predicted octanol–water partition coefficient (Wildman–Crippen LogP) is 6.86. The lowest BCUT2D eigenvalue weighted by Gasteiger charge is -2.09. The summed E-state index contributed by atoms with van der Waals surface area (Å²) in [6.45, 7) is 2.14. The van der Waals surface area contributed by atoms with E-state index in [2.05, 4.69) is 27.8 Å². The van der Waals surface area contributed by atoms with E-state index in [4.69, 9.17) is 34.8 Å². The molecule has 0 atom stereocenters. The second kappa shape index (κ2) is 13.0. The molecule has 0 aliphatic carbocycles. The standard InChI is InChI=1S/C27H27Cl3N6O3/c1-2-3-4-5-6-11-22(37)32-19-10-7-9-17(14-19)26(38)33-25-24(35-13-8-12-31-35)27(39)36(34-25)23-20(29)15-18(28)16-21(23)30/h7-10,12-16,34H,2-6,11H2,1H3,(H,32,37)(H,33,38). The van der Waals surface area contributed by atoms with E-state index in [-0.39, 0.29) is 38.7 Å². The molecular weight excluding hydrogens is 563 g/mol. The number of carbonyl (C=O) groups is 2. The Morgan fingerprint density at radius 3 is 2.38 bits per heavy atom. The van der Waals surface area contributed by atoms with Gasteiger partial charge in [0.1, 0.15) is 5.69 Å². The van der Waals surface area contributed by atoms with E-state index in [0.29, 0.717) is 17.1 Å². The minimum atomic E-state index is -0.555. The number of rotatable bonds is 11. The average Bonchev–Trinajstić information content (AvgIpc) is 3.51. The van der Waals surface area contributed by atoms with Gasteiger partial charge in [0.15, 0.2) is 11.5 Å². The molecule has 3 N–H and O–H groups in total. The van der Waals surface area contributed by atoms with Crippen LogP contribution in [0.1, 0.15) is 55.8 Å². The van der Waals surface area contributed by atoms with E-state index in [1.165, 1.54) is 23.0 Å². The summed E-state index contributed by atoms with van der Waals surface area (Å²) in [7, 11) is 0. The molecule has 0 bridgehead atoms. The third kappa shape index (κ3) is 6.92. The first-order valence-electron chi connectivity index (χ1n) is 12.5. The number of aromatic amines is 1. The predicted molar refractivity (Wildman–Crippen MR) is 155 cm³/mol. The fraction of sp³-hybridized carbons (Fsp3) is 0.259. The highest BCUT2D eigenvalue weighted by molar-refractivity contribution is 6.40. The molecule has 2 heterocycles. The molecule has 0 radical (unpaired) electrons. The van der Waals surface area contributed by atoms with Crippen LogP contribution >= 0.6 is 34.8 Å². The Labute approximate surface area is 240 Å². The molecule has 4 aromatic rings. The molecule has 4 rings (SSSR count). The first-order valence-corrected chi connectivity index (χ1v) is 13.6. The van der Waals surface area contributed by atoms with Crippen molar-refractivity contribution in [3.63, 3.8) is 0 Å². The van der Waals surface area contributed by atoms with E-state index >= 15 is 0 Å². The largest absolute Gasteiger partial charge is 0.326 e. The van der Waals surface area contributed by atoms with Gasteiger partial charge in [-0.2, -0.15) is 5.10 Å². The molecule has 0 saturated heterocycles. The molecule has 0 spiro atoms. The Bertz CT molecular complexity index is 1510. The van der Waals surface area contributed by atoms with E-state index in [9.17, 15) is 14.4 Å². The number of carbonyl (C=O) groups excluding carboxylic acids is 2. The fourth-order valence-electron chi connectivity index (χ4n) is 4.07. The van der Waals surface area contributed by atoms with Gasteiger partial charge in [0, 0.05) is 35.1 Å². The fourth-order valence-corrected chi connectivity index (χ4v) is 5.06. The third-order valence-electron chi connectivity index (χ3n) is 5.96. The van der Waals surface area contributed by atoms with E-state index in [1.807, 2.05) is 0 Å². The minimum absolute atomic E-state index is 0.0444. The van der Waals surface area contributed by atoms with Gasteiger partial charge in [0.25, 0.3) is 11.5 Å². The Hall–Kier alpha value is -3.53. The van der Waals surface area contributed by atoms with Crippen LogP contribution in [0.5, 0.6) is 0 Å². The van der Waals surface area contributed by atoms with Crippen LogP contribution in [0.3, 0.4) is 0 Å². The number of nitrogens with zero attached hydrogens (tertiary/aromatic N) is 3. The highest BCUT2D eigenvalue weighted by atomic mass is 35.5. The Kier molecular flexibility index (Phi) is 9.50. The maximum absolute atomic E-state index is 13.4. The van der Waals surface area contributed by atoms with Crippen molar-refractivity contribution in [1.82, 2.24) is 19.6 Å². The molecule has 0 unspecified atom stereocenters. The van der Waals surface area contributed by atoms with Crippen molar-refractivity contribution >= 4 is 58.1 Å². The van der Waals surface area contributed by atoms with Gasteiger partial charge < -0.3 is 10.6 Å². The Morgan fingerprint density at radius 1 is 0.949 bits per heavy atom. The lowest BCUT2D eigenvalue weighted by atomic mass is 10.1. The lowest BCUT2D eigenvalue weighted by molar-refractivity contribution is -0.116. The lowest BCUT2D eigenvalue weighted by Crippen LogP contribution is -2.19. The SMILES string of the molecule is CCCCCCCC(=O)Nc1cccc(C(=O)Nc2[nH]n(-c3c(Cl)cc(Cl)cc3Cl)c(=O)c2-n2cccn2)c1. The summed E-state index contributed by atoms with van der Waals surface area (Å²) in [6, 6.07) is 11.1. The van der Waals surface area contributed by atoms with Crippen molar-refractivity contribution in [2.45, 2.75) is 45.4 Å². The van der Waals surface area contributed by atoms with Crippen LogP contribution in [0.4, 0.5) is 11.5 Å². The van der Waals surface area contributed by atoms with Gasteiger partial charge in [-0.15, -0.1) is 0 Å². The molecule has 0 aliphatic heterocycles. The monoisotopic (exact) mass is 588 g/mol. The summed E-state index contributed by atoms with van der Waals surface area (Å²) in [6.07, 6.45) is 8.72. The molecule has 0 saturated carbocycles. The molecule has 204 valence electrons. The molecule has 2 amide bonds. The Balaban J connectivity index is 1.57.